The molecular formula is C15H28ClN3. The van der Waals surface area contributed by atoms with Crippen LogP contribution < -0.4 is 0 Å². The third-order valence-electron chi connectivity index (χ3n) is 3.77. The van der Waals surface area contributed by atoms with Crippen LogP contribution in [0.1, 0.15) is 51.9 Å². The zero-order valence-corrected chi connectivity index (χ0v) is 13.6. The molecule has 0 aliphatic rings. The number of alkyl halides is 1. The number of nitrogens with zero attached hydrogens (tertiary/aromatic N) is 3. The lowest BCUT2D eigenvalue weighted by molar-refractivity contribution is 0.183. The average Bonchev–Trinajstić information content (AvgIpc) is 2.82. The minimum Gasteiger partial charge on any atom is -0.293 e. The first-order valence-corrected chi connectivity index (χ1v) is 8.09. The highest BCUT2D eigenvalue weighted by atomic mass is 35.5. The zero-order chi connectivity index (χ0) is 14.3. The van der Waals surface area contributed by atoms with E-state index in [1.165, 1.54) is 24.2 Å². The van der Waals surface area contributed by atoms with Crippen molar-refractivity contribution in [1.82, 2.24) is 14.7 Å². The van der Waals surface area contributed by atoms with Gasteiger partial charge in [-0.25, -0.2) is 0 Å². The van der Waals surface area contributed by atoms with Gasteiger partial charge in [-0.2, -0.15) is 5.10 Å². The molecule has 1 rings (SSSR count). The lowest BCUT2D eigenvalue weighted by Crippen LogP contribution is -2.36. The van der Waals surface area contributed by atoms with E-state index in [1.54, 1.807) is 0 Å². The van der Waals surface area contributed by atoms with Gasteiger partial charge in [0.05, 0.1) is 11.4 Å². The molecule has 4 heteroatoms. The van der Waals surface area contributed by atoms with Crippen molar-refractivity contribution in [3.63, 3.8) is 0 Å². The lowest BCUT2D eigenvalue weighted by Gasteiger charge is -2.29. The van der Waals surface area contributed by atoms with Gasteiger partial charge in [0.15, 0.2) is 0 Å². The summed E-state index contributed by atoms with van der Waals surface area (Å²) in [7, 11) is 0. The molecule has 0 unspecified atom stereocenters. The van der Waals surface area contributed by atoms with Crippen LogP contribution in [-0.4, -0.2) is 33.1 Å². The second-order valence-electron chi connectivity index (χ2n) is 4.93. The molecule has 110 valence electrons. The van der Waals surface area contributed by atoms with Crippen LogP contribution >= 0.6 is 11.6 Å². The summed E-state index contributed by atoms with van der Waals surface area (Å²) in [4.78, 5) is 2.50. The molecule has 0 radical (unpaired) electrons. The molecule has 3 nitrogen and oxygen atoms in total. The van der Waals surface area contributed by atoms with Gasteiger partial charge in [0.2, 0.25) is 0 Å². The van der Waals surface area contributed by atoms with Crippen molar-refractivity contribution in [1.29, 1.82) is 0 Å². The lowest BCUT2D eigenvalue weighted by atomic mass is 10.1. The zero-order valence-electron chi connectivity index (χ0n) is 12.8. The maximum Gasteiger partial charge on any atom is 0.0625 e. The Morgan fingerprint density at radius 2 is 1.95 bits per heavy atom. The molecule has 0 aromatic carbocycles. The van der Waals surface area contributed by atoms with Gasteiger partial charge in [0.1, 0.15) is 0 Å². The van der Waals surface area contributed by atoms with Crippen molar-refractivity contribution >= 4 is 11.6 Å². The Hall–Kier alpha value is -0.540. The van der Waals surface area contributed by atoms with Gasteiger partial charge < -0.3 is 0 Å². The predicted octanol–water partition coefficient (Wildman–Crippen LogP) is 3.69. The first kappa shape index (κ1) is 16.5. The molecule has 0 bridgehead atoms. The van der Waals surface area contributed by atoms with Gasteiger partial charge in [-0.15, -0.1) is 11.6 Å². The molecule has 0 spiro atoms. The maximum absolute atomic E-state index is 5.96. The Kier molecular flexibility index (Phi) is 7.47. The normalized spacial score (nSPS) is 11.7. The second kappa shape index (κ2) is 8.60. The highest BCUT2D eigenvalue weighted by Crippen LogP contribution is 2.15. The van der Waals surface area contributed by atoms with E-state index in [-0.39, 0.29) is 0 Å². The minimum absolute atomic E-state index is 0.615. The summed E-state index contributed by atoms with van der Waals surface area (Å²) >= 11 is 5.96. The summed E-state index contributed by atoms with van der Waals surface area (Å²) in [5.41, 5.74) is 2.50. The van der Waals surface area contributed by atoms with Crippen molar-refractivity contribution in [2.45, 2.75) is 66.1 Å². The highest BCUT2D eigenvalue weighted by Gasteiger charge is 2.17. The van der Waals surface area contributed by atoms with Crippen LogP contribution in [-0.2, 0) is 19.5 Å². The van der Waals surface area contributed by atoms with Crippen molar-refractivity contribution in [3.05, 3.63) is 17.5 Å². The topological polar surface area (TPSA) is 21.1 Å². The quantitative estimate of drug-likeness (QED) is 0.645. The van der Waals surface area contributed by atoms with Gasteiger partial charge in [-0.1, -0.05) is 20.8 Å². The molecule has 0 N–H and O–H groups in total. The van der Waals surface area contributed by atoms with Crippen molar-refractivity contribution in [3.8, 4) is 0 Å². The fourth-order valence-electron chi connectivity index (χ4n) is 2.60. The molecule has 0 saturated heterocycles. The SMILES string of the molecule is CCc1cc(CN(CCCl)C(CC)CC)n(CC)n1. The summed E-state index contributed by atoms with van der Waals surface area (Å²) in [5, 5.41) is 4.63. The summed E-state index contributed by atoms with van der Waals surface area (Å²) in [6.45, 7) is 11.7. The standard InChI is InChI=1S/C15H28ClN3/c1-5-13-11-15(19(8-4)17-13)12-18(10-9-16)14(6-2)7-3/h11,14H,5-10,12H2,1-4H3. The Morgan fingerprint density at radius 1 is 1.26 bits per heavy atom. The minimum atomic E-state index is 0.615. The van der Waals surface area contributed by atoms with Crippen LogP contribution in [0.2, 0.25) is 0 Å². The molecule has 0 amide bonds. The fraction of sp³-hybridized carbons (Fsp3) is 0.800. The van der Waals surface area contributed by atoms with E-state index < -0.39 is 0 Å². The van der Waals surface area contributed by atoms with Crippen LogP contribution in [0.25, 0.3) is 0 Å². The number of aryl methyl sites for hydroxylation is 2. The first-order chi connectivity index (χ1) is 9.19. The molecule has 0 aliphatic carbocycles. The van der Waals surface area contributed by atoms with Crippen LogP contribution in [0.5, 0.6) is 0 Å². The van der Waals surface area contributed by atoms with Crippen molar-refractivity contribution in [2.75, 3.05) is 12.4 Å². The van der Waals surface area contributed by atoms with Gasteiger partial charge >= 0.3 is 0 Å². The molecule has 0 saturated carbocycles. The maximum atomic E-state index is 5.96. The summed E-state index contributed by atoms with van der Waals surface area (Å²) < 4.78 is 2.13. The first-order valence-electron chi connectivity index (χ1n) is 7.55. The Morgan fingerprint density at radius 3 is 2.42 bits per heavy atom. The predicted molar refractivity (Wildman–Crippen MR) is 82.8 cm³/mol. The fourth-order valence-corrected chi connectivity index (χ4v) is 2.82. The third kappa shape index (κ3) is 4.50. The molecule has 1 aromatic rings. The van der Waals surface area contributed by atoms with Gasteiger partial charge in [0, 0.05) is 31.6 Å². The van der Waals surface area contributed by atoms with Crippen LogP contribution in [0.3, 0.4) is 0 Å². The number of hydrogen-bond acceptors (Lipinski definition) is 2. The Balaban J connectivity index is 2.85. The molecular weight excluding hydrogens is 258 g/mol. The molecule has 1 heterocycles. The van der Waals surface area contributed by atoms with E-state index in [0.717, 1.165) is 26.1 Å². The van der Waals surface area contributed by atoms with E-state index in [0.29, 0.717) is 11.9 Å². The number of rotatable bonds is 9. The molecule has 1 aromatic heterocycles. The second-order valence-corrected chi connectivity index (χ2v) is 5.30. The van der Waals surface area contributed by atoms with Crippen molar-refractivity contribution < 1.29 is 0 Å². The average molecular weight is 286 g/mol. The van der Waals surface area contributed by atoms with Gasteiger partial charge in [0.25, 0.3) is 0 Å². The number of aromatic nitrogens is 2. The highest BCUT2D eigenvalue weighted by molar-refractivity contribution is 6.18. The Labute approximate surface area is 122 Å². The van der Waals surface area contributed by atoms with Crippen LogP contribution in [0, 0.1) is 0 Å². The largest absolute Gasteiger partial charge is 0.293 e. The molecule has 19 heavy (non-hydrogen) atoms. The summed E-state index contributed by atoms with van der Waals surface area (Å²) in [6.07, 6.45) is 3.35. The molecule has 0 fully saturated rings. The molecule has 0 aliphatic heterocycles. The van der Waals surface area contributed by atoms with Gasteiger partial charge in [-0.05, 0) is 32.3 Å². The third-order valence-corrected chi connectivity index (χ3v) is 3.94. The smallest absolute Gasteiger partial charge is 0.0625 e. The van der Waals surface area contributed by atoms with E-state index in [2.05, 4.69) is 48.4 Å². The van der Waals surface area contributed by atoms with Gasteiger partial charge in [-0.3, -0.25) is 9.58 Å². The number of halogens is 1. The van der Waals surface area contributed by atoms with Crippen LogP contribution in [0.4, 0.5) is 0 Å². The van der Waals surface area contributed by atoms with Crippen LogP contribution in [0.15, 0.2) is 6.07 Å². The van der Waals surface area contributed by atoms with E-state index >= 15 is 0 Å². The van der Waals surface area contributed by atoms with E-state index in [1.807, 2.05) is 0 Å². The summed E-state index contributed by atoms with van der Waals surface area (Å²) in [6, 6.07) is 2.86. The van der Waals surface area contributed by atoms with E-state index in [9.17, 15) is 0 Å². The van der Waals surface area contributed by atoms with E-state index in [4.69, 9.17) is 11.6 Å². The number of hydrogen-bond donors (Lipinski definition) is 0. The monoisotopic (exact) mass is 285 g/mol. The van der Waals surface area contributed by atoms with Crippen molar-refractivity contribution in [2.24, 2.45) is 0 Å². The Bertz CT molecular complexity index is 358. The summed E-state index contributed by atoms with van der Waals surface area (Å²) in [5.74, 6) is 0.692. The molecule has 0 atom stereocenters.